The second-order valence-electron chi connectivity index (χ2n) is 11.1. The molecule has 14 heteroatoms. The van der Waals surface area contributed by atoms with Crippen LogP contribution in [-0.2, 0) is 26.2 Å². The van der Waals surface area contributed by atoms with Crippen LogP contribution in [0, 0.1) is 17.0 Å². The summed E-state index contributed by atoms with van der Waals surface area (Å²) < 4.78 is 34.6. The summed E-state index contributed by atoms with van der Waals surface area (Å²) in [6.45, 7) is 7.56. The average molecular weight is 666 g/mol. The van der Waals surface area contributed by atoms with Gasteiger partial charge in [0.15, 0.2) is 0 Å². The van der Waals surface area contributed by atoms with Gasteiger partial charge in [0.2, 0.25) is 11.8 Å². The molecular formula is C30H34Cl2N4O7S. The van der Waals surface area contributed by atoms with Crippen molar-refractivity contribution in [2.45, 2.75) is 57.6 Å². The zero-order valence-electron chi connectivity index (χ0n) is 25.1. The number of anilines is 1. The number of nitro groups is 1. The van der Waals surface area contributed by atoms with Crippen LogP contribution in [0.25, 0.3) is 0 Å². The number of carbonyl (C=O) groups is 2. The van der Waals surface area contributed by atoms with E-state index in [-0.39, 0.29) is 28.6 Å². The molecule has 11 nitrogen and oxygen atoms in total. The van der Waals surface area contributed by atoms with Crippen LogP contribution < -0.4 is 14.4 Å². The highest BCUT2D eigenvalue weighted by molar-refractivity contribution is 7.92. The monoisotopic (exact) mass is 664 g/mol. The molecule has 0 aliphatic carbocycles. The summed E-state index contributed by atoms with van der Waals surface area (Å²) in [6.07, 6.45) is 0. The van der Waals surface area contributed by atoms with Crippen LogP contribution in [0.3, 0.4) is 0 Å². The van der Waals surface area contributed by atoms with Crippen molar-refractivity contribution in [3.63, 3.8) is 0 Å². The fourth-order valence-electron chi connectivity index (χ4n) is 4.29. The van der Waals surface area contributed by atoms with Gasteiger partial charge in [0.1, 0.15) is 18.3 Å². The van der Waals surface area contributed by atoms with E-state index in [1.807, 2.05) is 0 Å². The maximum Gasteiger partial charge on any atom is 0.273 e. The number of nitro benzene ring substituents is 1. The number of hydrogen-bond donors (Lipinski definition) is 1. The Morgan fingerprint density at radius 2 is 1.64 bits per heavy atom. The van der Waals surface area contributed by atoms with Gasteiger partial charge in [-0.3, -0.25) is 24.0 Å². The van der Waals surface area contributed by atoms with Gasteiger partial charge in [-0.05, 0) is 76.6 Å². The first-order chi connectivity index (χ1) is 20.4. The molecule has 1 atom stereocenters. The van der Waals surface area contributed by atoms with Crippen LogP contribution in [0.5, 0.6) is 5.75 Å². The molecule has 236 valence electrons. The fraction of sp³-hybridized carbons (Fsp3) is 0.333. The van der Waals surface area contributed by atoms with Crippen molar-refractivity contribution in [1.29, 1.82) is 0 Å². The summed E-state index contributed by atoms with van der Waals surface area (Å²) in [7, 11) is -3.31. The molecule has 0 saturated carbocycles. The Morgan fingerprint density at radius 3 is 2.20 bits per heavy atom. The van der Waals surface area contributed by atoms with Crippen molar-refractivity contribution in [2.24, 2.45) is 0 Å². The Labute approximate surface area is 266 Å². The second-order valence-corrected chi connectivity index (χ2v) is 13.8. The predicted molar refractivity (Wildman–Crippen MR) is 170 cm³/mol. The quantitative estimate of drug-likeness (QED) is 0.203. The molecule has 0 radical (unpaired) electrons. The molecule has 3 aromatic carbocycles. The Hall–Kier alpha value is -3.87. The molecule has 0 heterocycles. The number of halogens is 2. The van der Waals surface area contributed by atoms with Crippen LogP contribution in [0.4, 0.5) is 11.4 Å². The Kier molecular flexibility index (Phi) is 10.9. The highest BCUT2D eigenvalue weighted by atomic mass is 35.5. The summed E-state index contributed by atoms with van der Waals surface area (Å²) in [5.41, 5.74) is -0.196. The number of amides is 2. The lowest BCUT2D eigenvalue weighted by Gasteiger charge is -2.33. The van der Waals surface area contributed by atoms with Gasteiger partial charge in [-0.25, -0.2) is 8.42 Å². The lowest BCUT2D eigenvalue weighted by atomic mass is 10.1. The number of aryl methyl sites for hydroxylation is 1. The van der Waals surface area contributed by atoms with E-state index >= 15 is 0 Å². The third-order valence-corrected chi connectivity index (χ3v) is 8.83. The zero-order valence-corrected chi connectivity index (χ0v) is 27.5. The predicted octanol–water partition coefficient (Wildman–Crippen LogP) is 5.75. The Balaban J connectivity index is 2.16. The van der Waals surface area contributed by atoms with Gasteiger partial charge >= 0.3 is 0 Å². The molecule has 0 aliphatic heterocycles. The minimum absolute atomic E-state index is 0.0503. The maximum atomic E-state index is 14.2. The molecule has 0 aromatic heterocycles. The number of ether oxygens (including phenoxy) is 1. The smallest absolute Gasteiger partial charge is 0.273 e. The fourth-order valence-corrected chi connectivity index (χ4v) is 6.02. The van der Waals surface area contributed by atoms with E-state index in [9.17, 15) is 28.1 Å². The standard InChI is InChI=1S/C30H34Cl2N4O7S/c1-19-7-13-24(16-25(19)36(39)40)44(41,42)35(26-15-23(32)12-14-27(26)43-6)18-28(37)34(17-21-8-10-22(31)11-9-21)20(2)29(38)33-30(3,4)5/h7-16,20H,17-18H2,1-6H3,(H,33,38). The van der Waals surface area contributed by atoms with E-state index in [2.05, 4.69) is 5.32 Å². The molecule has 0 bridgehead atoms. The van der Waals surface area contributed by atoms with Crippen molar-refractivity contribution in [3.8, 4) is 5.75 Å². The minimum atomic E-state index is -4.63. The molecule has 0 aliphatic rings. The highest BCUT2D eigenvalue weighted by Gasteiger charge is 2.35. The van der Waals surface area contributed by atoms with Crippen molar-refractivity contribution in [3.05, 3.63) is 92.0 Å². The largest absolute Gasteiger partial charge is 0.495 e. The van der Waals surface area contributed by atoms with E-state index in [1.54, 1.807) is 45.0 Å². The number of carbonyl (C=O) groups excluding carboxylic acids is 2. The van der Waals surface area contributed by atoms with Crippen LogP contribution in [0.2, 0.25) is 10.0 Å². The van der Waals surface area contributed by atoms with Crippen molar-refractivity contribution in [1.82, 2.24) is 10.2 Å². The molecule has 1 N–H and O–H groups in total. The van der Waals surface area contributed by atoms with Crippen LogP contribution in [0.1, 0.15) is 38.8 Å². The lowest BCUT2D eigenvalue weighted by molar-refractivity contribution is -0.385. The van der Waals surface area contributed by atoms with Crippen molar-refractivity contribution < 1.29 is 27.7 Å². The van der Waals surface area contributed by atoms with E-state index in [0.717, 1.165) is 10.4 Å². The highest BCUT2D eigenvalue weighted by Crippen LogP contribution is 2.36. The minimum Gasteiger partial charge on any atom is -0.495 e. The van der Waals surface area contributed by atoms with Gasteiger partial charge in [-0.1, -0.05) is 41.4 Å². The van der Waals surface area contributed by atoms with Gasteiger partial charge < -0.3 is 15.0 Å². The molecule has 0 spiro atoms. The summed E-state index contributed by atoms with van der Waals surface area (Å²) in [4.78, 5) is 39.2. The lowest BCUT2D eigenvalue weighted by Crippen LogP contribution is -2.54. The molecule has 3 aromatic rings. The third kappa shape index (κ3) is 8.40. The van der Waals surface area contributed by atoms with E-state index in [1.165, 1.54) is 56.2 Å². The molecule has 1 unspecified atom stereocenters. The van der Waals surface area contributed by atoms with Crippen LogP contribution in [-0.4, -0.2) is 55.3 Å². The summed E-state index contributed by atoms with van der Waals surface area (Å²) >= 11 is 12.3. The summed E-state index contributed by atoms with van der Waals surface area (Å²) in [5.74, 6) is -1.11. The third-order valence-electron chi connectivity index (χ3n) is 6.59. The number of hydrogen-bond acceptors (Lipinski definition) is 7. The average Bonchev–Trinajstić information content (AvgIpc) is 2.94. The molecule has 0 saturated heterocycles. The number of sulfonamides is 1. The SMILES string of the molecule is COc1ccc(Cl)cc1N(CC(=O)N(Cc1ccc(Cl)cc1)C(C)C(=O)NC(C)(C)C)S(=O)(=O)c1ccc(C)c([N+](=O)[O-])c1. The van der Waals surface area contributed by atoms with Crippen molar-refractivity contribution >= 4 is 56.4 Å². The van der Waals surface area contributed by atoms with Gasteiger partial charge in [0.05, 0.1) is 22.6 Å². The van der Waals surface area contributed by atoms with Gasteiger partial charge in [-0.15, -0.1) is 0 Å². The first-order valence-corrected chi connectivity index (χ1v) is 15.6. The maximum absolute atomic E-state index is 14.2. The molecule has 44 heavy (non-hydrogen) atoms. The zero-order chi connectivity index (χ0) is 33.0. The molecular weight excluding hydrogens is 631 g/mol. The number of nitrogens with one attached hydrogen (secondary N) is 1. The Morgan fingerprint density at radius 1 is 1.02 bits per heavy atom. The first-order valence-electron chi connectivity index (χ1n) is 13.4. The number of nitrogens with zero attached hydrogens (tertiary/aromatic N) is 3. The first kappa shape index (κ1) is 34.6. The van der Waals surface area contributed by atoms with E-state index in [0.29, 0.717) is 10.6 Å². The number of methoxy groups -OCH3 is 1. The van der Waals surface area contributed by atoms with E-state index in [4.69, 9.17) is 27.9 Å². The van der Waals surface area contributed by atoms with Gasteiger partial charge in [-0.2, -0.15) is 0 Å². The number of rotatable bonds is 11. The molecule has 0 fully saturated rings. The van der Waals surface area contributed by atoms with Crippen LogP contribution in [0.15, 0.2) is 65.6 Å². The molecule has 2 amide bonds. The van der Waals surface area contributed by atoms with Crippen molar-refractivity contribution in [2.75, 3.05) is 18.0 Å². The number of benzene rings is 3. The topological polar surface area (TPSA) is 139 Å². The summed E-state index contributed by atoms with van der Waals surface area (Å²) in [5, 5.41) is 15.1. The van der Waals surface area contributed by atoms with E-state index < -0.39 is 55.5 Å². The van der Waals surface area contributed by atoms with Gasteiger partial charge in [0, 0.05) is 33.8 Å². The molecule has 3 rings (SSSR count). The Bertz CT molecular complexity index is 1660. The normalized spacial score (nSPS) is 12.3. The summed E-state index contributed by atoms with van der Waals surface area (Å²) in [6, 6.07) is 13.3. The van der Waals surface area contributed by atoms with Crippen LogP contribution >= 0.6 is 23.2 Å². The van der Waals surface area contributed by atoms with Gasteiger partial charge in [0.25, 0.3) is 15.7 Å². The second kappa shape index (κ2) is 13.8.